The molecule has 0 saturated carbocycles. The van der Waals surface area contributed by atoms with Gasteiger partial charge in [0.1, 0.15) is 0 Å². The van der Waals surface area contributed by atoms with Crippen LogP contribution in [0.3, 0.4) is 0 Å². The molecule has 0 spiro atoms. The summed E-state index contributed by atoms with van der Waals surface area (Å²) in [6.45, 7) is -0.0593. The van der Waals surface area contributed by atoms with E-state index in [1.54, 1.807) is 12.5 Å². The number of benzene rings is 1. The van der Waals surface area contributed by atoms with Crippen LogP contribution in [-0.4, -0.2) is 11.7 Å². The molecule has 0 heterocycles. The third-order valence-electron chi connectivity index (χ3n) is 1.72. The van der Waals surface area contributed by atoms with Gasteiger partial charge in [-0.3, -0.25) is 0 Å². The van der Waals surface area contributed by atoms with Gasteiger partial charge in [0, 0.05) is 6.61 Å². The molecular formula is C10H10F3O. The first kappa shape index (κ1) is 11.0. The van der Waals surface area contributed by atoms with Crippen LogP contribution < -0.4 is 0 Å². The predicted octanol–water partition coefficient (Wildman–Crippen LogP) is 2.64. The Hall–Kier alpha value is -1.03. The molecule has 0 atom stereocenters. The van der Waals surface area contributed by atoms with Crippen molar-refractivity contribution in [2.75, 3.05) is 6.61 Å². The lowest BCUT2D eigenvalue weighted by molar-refractivity contribution is -0.137. The second-order valence-corrected chi connectivity index (χ2v) is 2.84. The number of aliphatic hydroxyl groups is 1. The summed E-state index contributed by atoms with van der Waals surface area (Å²) in [6, 6.07) is 5.02. The Bertz CT molecular complexity index is 294. The van der Waals surface area contributed by atoms with Crippen LogP contribution in [0.5, 0.6) is 0 Å². The molecule has 4 heteroatoms. The minimum absolute atomic E-state index is 0.0593. The van der Waals surface area contributed by atoms with Crippen molar-refractivity contribution in [1.29, 1.82) is 0 Å². The van der Waals surface area contributed by atoms with Crippen molar-refractivity contribution < 1.29 is 18.3 Å². The average molecular weight is 203 g/mol. The molecule has 0 saturated heterocycles. The molecule has 0 aromatic heterocycles. The highest BCUT2D eigenvalue weighted by atomic mass is 19.4. The first-order valence-corrected chi connectivity index (χ1v) is 4.15. The lowest BCUT2D eigenvalue weighted by atomic mass is 10.1. The summed E-state index contributed by atoms with van der Waals surface area (Å²) >= 11 is 0. The van der Waals surface area contributed by atoms with Crippen LogP contribution in [0.15, 0.2) is 24.3 Å². The zero-order valence-corrected chi connectivity index (χ0v) is 7.38. The second-order valence-electron chi connectivity index (χ2n) is 2.84. The van der Waals surface area contributed by atoms with Gasteiger partial charge in [-0.25, -0.2) is 0 Å². The van der Waals surface area contributed by atoms with E-state index in [0.29, 0.717) is 12.0 Å². The van der Waals surface area contributed by atoms with Gasteiger partial charge in [0.25, 0.3) is 0 Å². The minimum atomic E-state index is -4.30. The molecule has 0 bridgehead atoms. The molecule has 77 valence electrons. The first-order chi connectivity index (χ1) is 6.54. The first-order valence-electron chi connectivity index (χ1n) is 4.15. The molecule has 0 aliphatic rings. The Kier molecular flexibility index (Phi) is 3.52. The number of rotatable bonds is 3. The number of hydrogen-bond donors (Lipinski definition) is 1. The highest BCUT2D eigenvalue weighted by Crippen LogP contribution is 2.29. The molecule has 0 unspecified atom stereocenters. The van der Waals surface area contributed by atoms with E-state index in [0.717, 1.165) is 12.1 Å². The van der Waals surface area contributed by atoms with Gasteiger partial charge < -0.3 is 5.11 Å². The van der Waals surface area contributed by atoms with Gasteiger partial charge in [-0.2, -0.15) is 13.2 Å². The van der Waals surface area contributed by atoms with Crippen molar-refractivity contribution in [3.63, 3.8) is 0 Å². The van der Waals surface area contributed by atoms with Gasteiger partial charge in [-0.05, 0) is 24.5 Å². The Labute approximate surface area is 80.2 Å². The summed E-state index contributed by atoms with van der Waals surface area (Å²) in [5, 5.41) is 8.50. The van der Waals surface area contributed by atoms with Crippen LogP contribution >= 0.6 is 0 Å². The van der Waals surface area contributed by atoms with Crippen molar-refractivity contribution in [2.45, 2.75) is 12.6 Å². The van der Waals surface area contributed by atoms with Crippen LogP contribution in [0.4, 0.5) is 13.2 Å². The lowest BCUT2D eigenvalue weighted by Crippen LogP contribution is -2.05. The third kappa shape index (κ3) is 3.03. The minimum Gasteiger partial charge on any atom is -0.396 e. The van der Waals surface area contributed by atoms with E-state index in [4.69, 9.17) is 5.11 Å². The van der Waals surface area contributed by atoms with Crippen LogP contribution in [0.25, 0.3) is 0 Å². The maximum Gasteiger partial charge on any atom is 0.416 e. The zero-order valence-electron chi connectivity index (χ0n) is 7.38. The molecule has 0 amide bonds. The summed E-state index contributed by atoms with van der Waals surface area (Å²) in [5.41, 5.74) is -0.182. The SMILES string of the molecule is OCC[CH]c1cccc(C(F)(F)F)c1. The van der Waals surface area contributed by atoms with Crippen molar-refractivity contribution in [3.8, 4) is 0 Å². The fourth-order valence-electron chi connectivity index (χ4n) is 1.07. The summed E-state index contributed by atoms with van der Waals surface area (Å²) in [6.07, 6.45) is -2.38. The summed E-state index contributed by atoms with van der Waals surface area (Å²) in [7, 11) is 0. The maximum atomic E-state index is 12.2. The van der Waals surface area contributed by atoms with E-state index in [1.807, 2.05) is 0 Å². The number of aliphatic hydroxyl groups excluding tert-OH is 1. The normalized spacial score (nSPS) is 11.7. The van der Waals surface area contributed by atoms with E-state index >= 15 is 0 Å². The van der Waals surface area contributed by atoms with Crippen molar-refractivity contribution in [1.82, 2.24) is 0 Å². The van der Waals surface area contributed by atoms with Gasteiger partial charge >= 0.3 is 6.18 Å². The average Bonchev–Trinajstić information content (AvgIpc) is 2.14. The second kappa shape index (κ2) is 4.46. The van der Waals surface area contributed by atoms with Crippen molar-refractivity contribution in [2.24, 2.45) is 0 Å². The molecule has 0 aliphatic carbocycles. The highest BCUT2D eigenvalue weighted by Gasteiger charge is 2.30. The van der Waals surface area contributed by atoms with Crippen LogP contribution in [0.1, 0.15) is 17.5 Å². The van der Waals surface area contributed by atoms with E-state index in [1.165, 1.54) is 6.07 Å². The van der Waals surface area contributed by atoms with E-state index in [9.17, 15) is 13.2 Å². The van der Waals surface area contributed by atoms with Crippen molar-refractivity contribution in [3.05, 3.63) is 41.8 Å². The fraction of sp³-hybridized carbons (Fsp3) is 0.300. The molecule has 0 fully saturated rings. The summed E-state index contributed by atoms with van der Waals surface area (Å²) in [5.74, 6) is 0. The molecule has 1 radical (unpaired) electrons. The van der Waals surface area contributed by atoms with Crippen molar-refractivity contribution >= 4 is 0 Å². The van der Waals surface area contributed by atoms with Gasteiger partial charge in [-0.1, -0.05) is 18.2 Å². The molecule has 14 heavy (non-hydrogen) atoms. The molecule has 1 N–H and O–H groups in total. The summed E-state index contributed by atoms with van der Waals surface area (Å²) < 4.78 is 36.7. The van der Waals surface area contributed by atoms with Crippen LogP contribution in [0.2, 0.25) is 0 Å². The highest BCUT2D eigenvalue weighted by molar-refractivity contribution is 5.30. The molecule has 1 nitrogen and oxygen atoms in total. The predicted molar refractivity (Wildman–Crippen MR) is 46.5 cm³/mol. The van der Waals surface area contributed by atoms with Gasteiger partial charge in [0.2, 0.25) is 0 Å². The largest absolute Gasteiger partial charge is 0.416 e. The Morgan fingerprint density at radius 1 is 1.29 bits per heavy atom. The number of halogens is 3. The van der Waals surface area contributed by atoms with Crippen LogP contribution in [-0.2, 0) is 6.18 Å². The van der Waals surface area contributed by atoms with Gasteiger partial charge in [0.15, 0.2) is 0 Å². The smallest absolute Gasteiger partial charge is 0.396 e. The zero-order chi connectivity index (χ0) is 10.6. The van der Waals surface area contributed by atoms with E-state index in [2.05, 4.69) is 0 Å². The fourth-order valence-corrected chi connectivity index (χ4v) is 1.07. The number of alkyl halides is 3. The maximum absolute atomic E-state index is 12.2. The molecule has 1 rings (SSSR count). The molecule has 1 aromatic carbocycles. The van der Waals surface area contributed by atoms with Crippen LogP contribution in [0, 0.1) is 6.42 Å². The molecule has 0 aliphatic heterocycles. The molecular weight excluding hydrogens is 193 g/mol. The lowest BCUT2D eigenvalue weighted by Gasteiger charge is -2.07. The third-order valence-corrected chi connectivity index (χ3v) is 1.72. The Morgan fingerprint density at radius 2 is 2.00 bits per heavy atom. The Morgan fingerprint density at radius 3 is 2.57 bits per heavy atom. The van der Waals surface area contributed by atoms with Gasteiger partial charge in [-0.15, -0.1) is 0 Å². The quantitative estimate of drug-likeness (QED) is 0.800. The standard InChI is InChI=1S/C10H10F3O/c11-10(12,13)9-5-1-3-8(7-9)4-2-6-14/h1,3-5,7,14H,2,6H2. The number of hydrogen-bond acceptors (Lipinski definition) is 1. The summed E-state index contributed by atoms with van der Waals surface area (Å²) in [4.78, 5) is 0. The molecule has 1 aromatic rings. The van der Waals surface area contributed by atoms with Gasteiger partial charge in [0.05, 0.1) is 5.56 Å². The topological polar surface area (TPSA) is 20.2 Å². The Balaban J connectivity index is 2.79. The van der Waals surface area contributed by atoms with E-state index in [-0.39, 0.29) is 6.61 Å². The van der Waals surface area contributed by atoms with E-state index < -0.39 is 11.7 Å². The monoisotopic (exact) mass is 203 g/mol.